The van der Waals surface area contributed by atoms with Crippen LogP contribution in [0.1, 0.15) is 18.1 Å². The molecule has 2 aromatic carbocycles. The summed E-state index contributed by atoms with van der Waals surface area (Å²) in [4.78, 5) is 19.2. The van der Waals surface area contributed by atoms with Crippen LogP contribution in [0.2, 0.25) is 5.02 Å². The molecule has 3 aromatic rings. The van der Waals surface area contributed by atoms with Gasteiger partial charge in [-0.05, 0) is 13.0 Å². The Kier molecular flexibility index (Phi) is 7.62. The maximum absolute atomic E-state index is 12.3. The largest absolute Gasteiger partial charge is 0.490 e. The van der Waals surface area contributed by atoms with Gasteiger partial charge >= 0.3 is 0 Å². The first-order valence-electron chi connectivity index (χ1n) is 9.66. The Balaban J connectivity index is 1.88. The minimum atomic E-state index is -0.570. The van der Waals surface area contributed by atoms with Crippen molar-refractivity contribution in [2.75, 3.05) is 18.6 Å². The number of H-pyrrole nitrogens is 1. The lowest BCUT2D eigenvalue weighted by Crippen LogP contribution is -2.16. The third kappa shape index (κ3) is 5.33. The van der Waals surface area contributed by atoms with E-state index in [1.54, 1.807) is 42.5 Å². The number of nitrogens with one attached hydrogen (secondary N) is 2. The molecule has 9 heteroatoms. The first kappa shape index (κ1) is 22.6. The quantitative estimate of drug-likeness (QED) is 0.285. The number of nitrogens with zero attached hydrogens (tertiary/aromatic N) is 3. The number of hydrogen-bond acceptors (Lipinski definition) is 7. The third-order valence-corrected chi connectivity index (χ3v) is 4.50. The third-order valence-electron chi connectivity index (χ3n) is 4.17. The predicted octanol–water partition coefficient (Wildman–Crippen LogP) is 4.37. The van der Waals surface area contributed by atoms with Gasteiger partial charge in [0.1, 0.15) is 18.2 Å². The molecule has 162 valence electrons. The minimum absolute atomic E-state index is 0.0785. The van der Waals surface area contributed by atoms with Gasteiger partial charge in [0, 0.05) is 17.2 Å². The average molecular weight is 450 g/mol. The zero-order valence-electron chi connectivity index (χ0n) is 17.3. The van der Waals surface area contributed by atoms with E-state index < -0.39 is 5.56 Å². The monoisotopic (exact) mass is 449 g/mol. The van der Waals surface area contributed by atoms with Crippen molar-refractivity contribution < 1.29 is 9.47 Å². The van der Waals surface area contributed by atoms with Crippen molar-refractivity contribution >= 4 is 23.8 Å². The van der Waals surface area contributed by atoms with Crippen LogP contribution in [0.3, 0.4) is 0 Å². The van der Waals surface area contributed by atoms with Gasteiger partial charge in [-0.2, -0.15) is 10.4 Å². The molecule has 0 bridgehead atoms. The second-order valence-corrected chi connectivity index (χ2v) is 6.75. The number of aromatic nitrogens is 2. The first-order chi connectivity index (χ1) is 15.6. The lowest BCUT2D eigenvalue weighted by atomic mass is 10.1. The van der Waals surface area contributed by atoms with Crippen LogP contribution in [0.25, 0.3) is 11.3 Å². The summed E-state index contributed by atoms with van der Waals surface area (Å²) >= 11 is 6.34. The number of nitriles is 1. The highest BCUT2D eigenvalue weighted by molar-refractivity contribution is 6.33. The van der Waals surface area contributed by atoms with Crippen molar-refractivity contribution in [3.63, 3.8) is 0 Å². The van der Waals surface area contributed by atoms with E-state index in [0.717, 1.165) is 0 Å². The fraction of sp³-hybridized carbons (Fsp3) is 0.130. The molecular weight excluding hydrogens is 430 g/mol. The fourth-order valence-electron chi connectivity index (χ4n) is 2.78. The van der Waals surface area contributed by atoms with Crippen LogP contribution >= 0.6 is 11.6 Å². The van der Waals surface area contributed by atoms with Gasteiger partial charge in [0.15, 0.2) is 11.5 Å². The molecule has 0 aliphatic heterocycles. The van der Waals surface area contributed by atoms with Gasteiger partial charge in [-0.25, -0.2) is 10.4 Å². The molecule has 0 atom stereocenters. The van der Waals surface area contributed by atoms with Gasteiger partial charge in [-0.1, -0.05) is 54.6 Å². The number of hydrogen-bond donors (Lipinski definition) is 2. The maximum atomic E-state index is 12.3. The summed E-state index contributed by atoms with van der Waals surface area (Å²) in [5.74, 6) is 1.08. The highest BCUT2D eigenvalue weighted by Crippen LogP contribution is 2.33. The summed E-state index contributed by atoms with van der Waals surface area (Å²) in [6, 6.07) is 14.2. The topological polar surface area (TPSA) is 112 Å². The standard InChI is InChI=1S/C23H20ClN5O3/c1-3-10-32-20-12-18(24)16(11-19(20)31-4-2)14-26-29-23-27-21(15-8-6-5-7-9-15)17(13-25)22(30)28-23/h3,5-9,11-12,14H,1,4,10H2,2H3,(H2,27,28,29,30). The van der Waals surface area contributed by atoms with Crippen LogP contribution in [0, 0.1) is 11.3 Å². The van der Waals surface area contributed by atoms with Crippen molar-refractivity contribution in [2.45, 2.75) is 6.92 Å². The molecule has 0 spiro atoms. The summed E-state index contributed by atoms with van der Waals surface area (Å²) in [6.45, 7) is 6.24. The molecule has 3 rings (SSSR count). The summed E-state index contributed by atoms with van der Waals surface area (Å²) in [7, 11) is 0. The van der Waals surface area contributed by atoms with Gasteiger partial charge < -0.3 is 9.47 Å². The first-order valence-corrected chi connectivity index (χ1v) is 10.0. The zero-order chi connectivity index (χ0) is 22.9. The van der Waals surface area contributed by atoms with Gasteiger partial charge in [-0.3, -0.25) is 9.78 Å². The molecular formula is C23H20ClN5O3. The van der Waals surface area contributed by atoms with Crippen molar-refractivity contribution in [1.82, 2.24) is 9.97 Å². The molecule has 32 heavy (non-hydrogen) atoms. The molecule has 0 aliphatic carbocycles. The van der Waals surface area contributed by atoms with Crippen molar-refractivity contribution in [2.24, 2.45) is 5.10 Å². The molecule has 0 saturated carbocycles. The Hall–Kier alpha value is -4.09. The predicted molar refractivity (Wildman–Crippen MR) is 125 cm³/mol. The lowest BCUT2D eigenvalue weighted by Gasteiger charge is -2.12. The normalized spacial score (nSPS) is 10.5. The molecule has 0 amide bonds. The number of hydrazone groups is 1. The summed E-state index contributed by atoms with van der Waals surface area (Å²) in [5, 5.41) is 13.9. The number of rotatable bonds is 9. The maximum Gasteiger partial charge on any atom is 0.270 e. The summed E-state index contributed by atoms with van der Waals surface area (Å²) in [5.41, 5.74) is 3.49. The second kappa shape index (κ2) is 10.8. The van der Waals surface area contributed by atoms with E-state index >= 15 is 0 Å². The fourth-order valence-corrected chi connectivity index (χ4v) is 2.98. The van der Waals surface area contributed by atoms with Crippen LogP contribution < -0.4 is 20.5 Å². The van der Waals surface area contributed by atoms with Crippen LogP contribution in [-0.4, -0.2) is 29.4 Å². The average Bonchev–Trinajstić information content (AvgIpc) is 2.80. The Labute approximate surface area is 189 Å². The van der Waals surface area contributed by atoms with E-state index in [0.29, 0.717) is 40.9 Å². The Bertz CT molecular complexity index is 1230. The highest BCUT2D eigenvalue weighted by atomic mass is 35.5. The van der Waals surface area contributed by atoms with E-state index in [2.05, 4.69) is 27.1 Å². The van der Waals surface area contributed by atoms with Crippen LogP contribution in [0.5, 0.6) is 11.5 Å². The summed E-state index contributed by atoms with van der Waals surface area (Å²) < 4.78 is 11.2. The minimum Gasteiger partial charge on any atom is -0.490 e. The van der Waals surface area contributed by atoms with Gasteiger partial charge in [-0.15, -0.1) is 0 Å². The Morgan fingerprint density at radius 1 is 1.28 bits per heavy atom. The van der Waals surface area contributed by atoms with Crippen LogP contribution in [-0.2, 0) is 0 Å². The van der Waals surface area contributed by atoms with Gasteiger partial charge in [0.05, 0.1) is 23.5 Å². The number of halogens is 1. The van der Waals surface area contributed by atoms with E-state index in [1.807, 2.05) is 19.1 Å². The van der Waals surface area contributed by atoms with E-state index in [1.165, 1.54) is 6.21 Å². The molecule has 8 nitrogen and oxygen atoms in total. The molecule has 0 saturated heterocycles. The summed E-state index contributed by atoms with van der Waals surface area (Å²) in [6.07, 6.45) is 3.08. The van der Waals surface area contributed by atoms with Crippen LogP contribution in [0.4, 0.5) is 5.95 Å². The molecule has 0 fully saturated rings. The van der Waals surface area contributed by atoms with E-state index in [4.69, 9.17) is 21.1 Å². The molecule has 2 N–H and O–H groups in total. The molecule has 0 radical (unpaired) electrons. The molecule has 0 aliphatic rings. The number of anilines is 1. The van der Waals surface area contributed by atoms with Crippen molar-refractivity contribution in [1.29, 1.82) is 5.26 Å². The Morgan fingerprint density at radius 3 is 2.72 bits per heavy atom. The number of ether oxygens (including phenoxy) is 2. The SMILES string of the molecule is C=CCOc1cc(Cl)c(C=NNc2nc(-c3ccccc3)c(C#N)c(=O)[nH]2)cc1OCC. The van der Waals surface area contributed by atoms with Gasteiger partial charge in [0.25, 0.3) is 5.56 Å². The lowest BCUT2D eigenvalue weighted by molar-refractivity contribution is 0.297. The Morgan fingerprint density at radius 2 is 2.03 bits per heavy atom. The molecule has 1 aromatic heterocycles. The van der Waals surface area contributed by atoms with Crippen molar-refractivity contribution in [3.8, 4) is 28.8 Å². The van der Waals surface area contributed by atoms with Crippen LogP contribution in [0.15, 0.2) is 65.0 Å². The number of benzene rings is 2. The van der Waals surface area contributed by atoms with Crippen molar-refractivity contribution in [3.05, 3.63) is 81.6 Å². The van der Waals surface area contributed by atoms with E-state index in [-0.39, 0.29) is 17.2 Å². The molecule has 0 unspecified atom stereocenters. The smallest absolute Gasteiger partial charge is 0.270 e. The van der Waals surface area contributed by atoms with E-state index in [9.17, 15) is 10.1 Å². The zero-order valence-corrected chi connectivity index (χ0v) is 18.0. The van der Waals surface area contributed by atoms with Gasteiger partial charge in [0.2, 0.25) is 5.95 Å². The molecule has 1 heterocycles. The second-order valence-electron chi connectivity index (χ2n) is 6.34. The number of aromatic amines is 1. The highest BCUT2D eigenvalue weighted by Gasteiger charge is 2.13.